The third-order valence-corrected chi connectivity index (χ3v) is 4.08. The average molecular weight is 332 g/mol. The summed E-state index contributed by atoms with van der Waals surface area (Å²) in [6.07, 6.45) is 0.860. The Morgan fingerprint density at radius 3 is 2.70 bits per heavy atom. The molecule has 1 N–H and O–H groups in total. The molecule has 5 nitrogen and oxygen atoms in total. The number of thiazole rings is 1. The topological polar surface area (TPSA) is 68.3 Å². The van der Waals surface area contributed by atoms with E-state index in [0.29, 0.717) is 31.7 Å². The number of amides is 1. The number of carbonyl (C=O) groups is 2. The third kappa shape index (κ3) is 5.17. The van der Waals surface area contributed by atoms with Crippen molar-refractivity contribution in [3.05, 3.63) is 40.9 Å². The van der Waals surface area contributed by atoms with Gasteiger partial charge in [-0.15, -0.1) is 11.3 Å². The molecule has 0 aliphatic heterocycles. The molecule has 6 heteroatoms. The summed E-state index contributed by atoms with van der Waals surface area (Å²) in [6, 6.07) is 8.03. The van der Waals surface area contributed by atoms with Gasteiger partial charge in [0.2, 0.25) is 0 Å². The quantitative estimate of drug-likeness (QED) is 0.624. The van der Waals surface area contributed by atoms with Crippen LogP contribution in [0.4, 0.5) is 0 Å². The minimum Gasteiger partial charge on any atom is -0.466 e. The van der Waals surface area contributed by atoms with E-state index in [1.54, 1.807) is 12.3 Å². The van der Waals surface area contributed by atoms with E-state index in [0.717, 1.165) is 10.6 Å². The number of hydrogen-bond donors (Lipinski definition) is 1. The van der Waals surface area contributed by atoms with Gasteiger partial charge in [0.1, 0.15) is 10.7 Å². The average Bonchev–Trinajstić information content (AvgIpc) is 3.02. The standard InChI is InChI=1S/C17H20N2O3S/c1-3-22-15(20)5-4-10-18-16(21)14-11-23-17(19-14)13-8-6-12(2)7-9-13/h6-9,11H,3-5,10H2,1-2H3,(H,18,21). The summed E-state index contributed by atoms with van der Waals surface area (Å²) in [7, 11) is 0. The summed E-state index contributed by atoms with van der Waals surface area (Å²) in [5.41, 5.74) is 2.59. The second kappa shape index (κ2) is 8.43. The Morgan fingerprint density at radius 2 is 2.00 bits per heavy atom. The Balaban J connectivity index is 1.84. The SMILES string of the molecule is CCOC(=O)CCCNC(=O)c1csc(-c2ccc(C)cc2)n1. The van der Waals surface area contributed by atoms with Crippen LogP contribution in [-0.4, -0.2) is 30.0 Å². The molecule has 122 valence electrons. The van der Waals surface area contributed by atoms with Crippen molar-refractivity contribution in [2.24, 2.45) is 0 Å². The molecule has 1 heterocycles. The molecule has 1 aromatic heterocycles. The normalized spacial score (nSPS) is 10.3. The number of nitrogens with one attached hydrogen (secondary N) is 1. The van der Waals surface area contributed by atoms with Gasteiger partial charge in [-0.25, -0.2) is 4.98 Å². The first-order chi connectivity index (χ1) is 11.1. The summed E-state index contributed by atoms with van der Waals surface area (Å²) in [6.45, 7) is 4.61. The molecule has 0 saturated heterocycles. The molecule has 1 amide bonds. The molecule has 0 aliphatic carbocycles. The highest BCUT2D eigenvalue weighted by molar-refractivity contribution is 7.13. The molecule has 0 radical (unpaired) electrons. The van der Waals surface area contributed by atoms with E-state index in [-0.39, 0.29) is 11.9 Å². The van der Waals surface area contributed by atoms with Crippen LogP contribution in [0.1, 0.15) is 35.8 Å². The van der Waals surface area contributed by atoms with Crippen molar-refractivity contribution >= 4 is 23.2 Å². The van der Waals surface area contributed by atoms with Crippen LogP contribution in [0.2, 0.25) is 0 Å². The molecule has 0 atom stereocenters. The zero-order valence-corrected chi connectivity index (χ0v) is 14.1. The highest BCUT2D eigenvalue weighted by Crippen LogP contribution is 2.23. The van der Waals surface area contributed by atoms with Gasteiger partial charge in [0.25, 0.3) is 5.91 Å². The lowest BCUT2D eigenvalue weighted by atomic mass is 10.2. The number of carbonyl (C=O) groups excluding carboxylic acids is 2. The zero-order chi connectivity index (χ0) is 16.7. The maximum Gasteiger partial charge on any atom is 0.305 e. The number of esters is 1. The Hall–Kier alpha value is -2.21. The van der Waals surface area contributed by atoms with E-state index >= 15 is 0 Å². The van der Waals surface area contributed by atoms with Gasteiger partial charge in [0, 0.05) is 23.9 Å². The monoisotopic (exact) mass is 332 g/mol. The fourth-order valence-corrected chi connectivity index (χ4v) is 2.77. The van der Waals surface area contributed by atoms with E-state index in [1.807, 2.05) is 31.2 Å². The summed E-state index contributed by atoms with van der Waals surface area (Å²) in [5, 5.41) is 5.33. The van der Waals surface area contributed by atoms with Crippen LogP contribution >= 0.6 is 11.3 Å². The van der Waals surface area contributed by atoms with Crippen molar-refractivity contribution in [1.29, 1.82) is 0 Å². The van der Waals surface area contributed by atoms with Crippen LogP contribution in [-0.2, 0) is 9.53 Å². The fraction of sp³-hybridized carbons (Fsp3) is 0.353. The second-order valence-electron chi connectivity index (χ2n) is 5.07. The lowest BCUT2D eigenvalue weighted by Gasteiger charge is -2.03. The maximum absolute atomic E-state index is 12.0. The highest BCUT2D eigenvalue weighted by atomic mass is 32.1. The Bertz CT molecular complexity index is 665. The highest BCUT2D eigenvalue weighted by Gasteiger charge is 2.11. The smallest absolute Gasteiger partial charge is 0.305 e. The molecule has 0 unspecified atom stereocenters. The molecule has 0 bridgehead atoms. The molecular weight excluding hydrogens is 312 g/mol. The molecule has 23 heavy (non-hydrogen) atoms. The van der Waals surface area contributed by atoms with Gasteiger partial charge in [0.15, 0.2) is 0 Å². The van der Waals surface area contributed by atoms with Crippen LogP contribution in [0.3, 0.4) is 0 Å². The molecule has 0 aliphatic rings. The van der Waals surface area contributed by atoms with Crippen LogP contribution in [0, 0.1) is 6.92 Å². The van der Waals surface area contributed by atoms with Crippen LogP contribution in [0.15, 0.2) is 29.6 Å². The third-order valence-electron chi connectivity index (χ3n) is 3.18. The lowest BCUT2D eigenvalue weighted by Crippen LogP contribution is -2.25. The molecule has 0 saturated carbocycles. The first kappa shape index (κ1) is 17.1. The number of hydrogen-bond acceptors (Lipinski definition) is 5. The number of aromatic nitrogens is 1. The Kier molecular flexibility index (Phi) is 6.29. The molecular formula is C17H20N2O3S. The van der Waals surface area contributed by atoms with Gasteiger partial charge in [-0.3, -0.25) is 9.59 Å². The summed E-state index contributed by atoms with van der Waals surface area (Å²) in [4.78, 5) is 27.6. The van der Waals surface area contributed by atoms with Crippen molar-refractivity contribution in [1.82, 2.24) is 10.3 Å². The largest absolute Gasteiger partial charge is 0.466 e. The number of rotatable bonds is 7. The van der Waals surface area contributed by atoms with Gasteiger partial charge in [-0.2, -0.15) is 0 Å². The Morgan fingerprint density at radius 1 is 1.26 bits per heavy atom. The zero-order valence-electron chi connectivity index (χ0n) is 13.3. The van der Waals surface area contributed by atoms with E-state index in [4.69, 9.17) is 4.74 Å². The molecule has 2 rings (SSSR count). The minimum absolute atomic E-state index is 0.219. The van der Waals surface area contributed by atoms with Crippen LogP contribution in [0.25, 0.3) is 10.6 Å². The van der Waals surface area contributed by atoms with Crippen LogP contribution < -0.4 is 5.32 Å². The van der Waals surface area contributed by atoms with Gasteiger partial charge in [-0.05, 0) is 20.3 Å². The first-order valence-corrected chi connectivity index (χ1v) is 8.44. The van der Waals surface area contributed by atoms with Crippen LogP contribution in [0.5, 0.6) is 0 Å². The molecule has 1 aromatic carbocycles. The lowest BCUT2D eigenvalue weighted by molar-refractivity contribution is -0.143. The molecule has 2 aromatic rings. The second-order valence-corrected chi connectivity index (χ2v) is 5.93. The van der Waals surface area contributed by atoms with E-state index in [2.05, 4.69) is 10.3 Å². The van der Waals surface area contributed by atoms with Crippen molar-refractivity contribution in [3.8, 4) is 10.6 Å². The number of benzene rings is 1. The summed E-state index contributed by atoms with van der Waals surface area (Å²) >= 11 is 1.44. The Labute approximate surface area is 139 Å². The van der Waals surface area contributed by atoms with Crippen molar-refractivity contribution in [2.45, 2.75) is 26.7 Å². The summed E-state index contributed by atoms with van der Waals surface area (Å²) in [5.74, 6) is -0.458. The number of nitrogens with zero attached hydrogens (tertiary/aromatic N) is 1. The first-order valence-electron chi connectivity index (χ1n) is 7.56. The minimum atomic E-state index is -0.239. The van der Waals surface area contributed by atoms with Crippen molar-refractivity contribution in [2.75, 3.05) is 13.2 Å². The van der Waals surface area contributed by atoms with Gasteiger partial charge >= 0.3 is 5.97 Å². The predicted octanol–water partition coefficient (Wildman–Crippen LogP) is 3.19. The number of ether oxygens (including phenoxy) is 1. The van der Waals surface area contributed by atoms with Gasteiger partial charge in [0.05, 0.1) is 6.61 Å². The maximum atomic E-state index is 12.0. The van der Waals surface area contributed by atoms with Gasteiger partial charge < -0.3 is 10.1 Å². The van der Waals surface area contributed by atoms with Crippen molar-refractivity contribution < 1.29 is 14.3 Å². The molecule has 0 spiro atoms. The fourth-order valence-electron chi connectivity index (χ4n) is 1.97. The predicted molar refractivity (Wildman–Crippen MR) is 90.5 cm³/mol. The summed E-state index contributed by atoms with van der Waals surface area (Å²) < 4.78 is 4.83. The molecule has 0 fully saturated rings. The van der Waals surface area contributed by atoms with E-state index in [9.17, 15) is 9.59 Å². The van der Waals surface area contributed by atoms with E-state index in [1.165, 1.54) is 16.9 Å². The van der Waals surface area contributed by atoms with Crippen molar-refractivity contribution in [3.63, 3.8) is 0 Å². The van der Waals surface area contributed by atoms with E-state index < -0.39 is 0 Å². The van der Waals surface area contributed by atoms with Gasteiger partial charge in [-0.1, -0.05) is 29.8 Å². The number of aryl methyl sites for hydroxylation is 1.